The molecule has 2 rings (SSSR count). The molecular formula is C10H13N5O2S. The third kappa shape index (κ3) is 2.99. The van der Waals surface area contributed by atoms with Gasteiger partial charge in [0.1, 0.15) is 0 Å². The number of nitrogens with zero attached hydrogens (tertiary/aromatic N) is 1. The van der Waals surface area contributed by atoms with E-state index in [1.54, 1.807) is 18.5 Å². The van der Waals surface area contributed by atoms with Crippen LogP contribution in [0.1, 0.15) is 5.56 Å². The minimum atomic E-state index is -3.76. The van der Waals surface area contributed by atoms with Gasteiger partial charge in [-0.25, -0.2) is 13.6 Å². The summed E-state index contributed by atoms with van der Waals surface area (Å²) in [7, 11) is -3.76. The van der Waals surface area contributed by atoms with Gasteiger partial charge in [0.25, 0.3) is 0 Å². The maximum absolute atomic E-state index is 11.2. The molecule has 96 valence electrons. The molecule has 0 aliphatic carbocycles. The second-order valence-corrected chi connectivity index (χ2v) is 5.36. The van der Waals surface area contributed by atoms with E-state index >= 15 is 0 Å². The number of rotatable bonds is 4. The Morgan fingerprint density at radius 2 is 2.11 bits per heavy atom. The van der Waals surface area contributed by atoms with Crippen LogP contribution in [0, 0.1) is 0 Å². The van der Waals surface area contributed by atoms with E-state index in [1.165, 1.54) is 12.1 Å². The van der Waals surface area contributed by atoms with E-state index in [9.17, 15) is 8.42 Å². The number of anilines is 2. The van der Waals surface area contributed by atoms with Gasteiger partial charge < -0.3 is 11.1 Å². The van der Waals surface area contributed by atoms with Crippen LogP contribution in [0.4, 0.5) is 11.4 Å². The molecule has 1 heterocycles. The van der Waals surface area contributed by atoms with E-state index in [-0.39, 0.29) is 4.90 Å². The fourth-order valence-electron chi connectivity index (χ4n) is 1.47. The van der Waals surface area contributed by atoms with E-state index in [1.807, 2.05) is 0 Å². The van der Waals surface area contributed by atoms with Crippen LogP contribution in [0.5, 0.6) is 0 Å². The molecule has 7 nitrogen and oxygen atoms in total. The molecule has 1 aromatic carbocycles. The van der Waals surface area contributed by atoms with Gasteiger partial charge in [0.05, 0.1) is 11.1 Å². The maximum atomic E-state index is 11.2. The molecule has 0 saturated heterocycles. The Morgan fingerprint density at radius 1 is 1.33 bits per heavy atom. The zero-order valence-electron chi connectivity index (χ0n) is 9.42. The molecule has 18 heavy (non-hydrogen) atoms. The maximum Gasteiger partial charge on any atom is 0.238 e. The highest BCUT2D eigenvalue weighted by atomic mass is 32.2. The lowest BCUT2D eigenvalue weighted by atomic mass is 10.2. The fourth-order valence-corrected chi connectivity index (χ4v) is 2.06. The molecule has 0 spiro atoms. The molecule has 0 amide bonds. The van der Waals surface area contributed by atoms with Gasteiger partial charge in [-0.1, -0.05) is 0 Å². The first-order valence-corrected chi connectivity index (χ1v) is 6.65. The predicted octanol–water partition coefficient (Wildman–Crippen LogP) is 0.251. The second kappa shape index (κ2) is 4.67. The molecule has 0 fully saturated rings. The van der Waals surface area contributed by atoms with Gasteiger partial charge in [-0.2, -0.15) is 5.10 Å². The highest BCUT2D eigenvalue weighted by Gasteiger charge is 2.09. The summed E-state index contributed by atoms with van der Waals surface area (Å²) in [5, 5.41) is 14.6. The summed E-state index contributed by atoms with van der Waals surface area (Å²) in [5.41, 5.74) is 7.48. The topological polar surface area (TPSA) is 127 Å². The van der Waals surface area contributed by atoms with Crippen molar-refractivity contribution in [2.75, 3.05) is 11.1 Å². The molecule has 0 aliphatic heterocycles. The van der Waals surface area contributed by atoms with Crippen LogP contribution in [0.25, 0.3) is 0 Å². The lowest BCUT2D eigenvalue weighted by Crippen LogP contribution is -2.13. The van der Waals surface area contributed by atoms with Crippen molar-refractivity contribution >= 4 is 21.4 Å². The summed E-state index contributed by atoms with van der Waals surface area (Å²) in [5.74, 6) is 0. The van der Waals surface area contributed by atoms with Crippen LogP contribution >= 0.6 is 0 Å². The number of hydrogen-bond acceptors (Lipinski definition) is 5. The Hall–Kier alpha value is -2.06. The Bertz CT molecular complexity index is 636. The van der Waals surface area contributed by atoms with Crippen molar-refractivity contribution in [3.8, 4) is 0 Å². The molecule has 0 bridgehead atoms. The summed E-state index contributed by atoms with van der Waals surface area (Å²) in [4.78, 5) is -0.0165. The minimum absolute atomic E-state index is 0.0165. The summed E-state index contributed by atoms with van der Waals surface area (Å²) >= 11 is 0. The van der Waals surface area contributed by atoms with Crippen LogP contribution in [-0.2, 0) is 16.6 Å². The number of H-pyrrole nitrogens is 1. The quantitative estimate of drug-likeness (QED) is 0.590. The molecule has 6 N–H and O–H groups in total. The minimum Gasteiger partial charge on any atom is -0.399 e. The average molecular weight is 267 g/mol. The SMILES string of the molecule is Nc1cc(NCc2cn[nH]c2)cc(S(N)(=O)=O)c1. The van der Waals surface area contributed by atoms with Crippen molar-refractivity contribution in [1.29, 1.82) is 0 Å². The highest BCUT2D eigenvalue weighted by Crippen LogP contribution is 2.20. The predicted molar refractivity (Wildman–Crippen MR) is 68.1 cm³/mol. The molecule has 0 saturated carbocycles. The second-order valence-electron chi connectivity index (χ2n) is 3.80. The summed E-state index contributed by atoms with van der Waals surface area (Å²) in [6.07, 6.45) is 3.40. The van der Waals surface area contributed by atoms with Crippen molar-refractivity contribution in [2.24, 2.45) is 5.14 Å². The summed E-state index contributed by atoms with van der Waals surface area (Å²) < 4.78 is 22.5. The molecule has 1 aromatic heterocycles. The van der Waals surface area contributed by atoms with Gasteiger partial charge in [0.15, 0.2) is 0 Å². The van der Waals surface area contributed by atoms with Crippen molar-refractivity contribution in [3.63, 3.8) is 0 Å². The Kier molecular flexibility index (Phi) is 3.21. The Morgan fingerprint density at radius 3 is 2.72 bits per heavy atom. The number of nitrogen functional groups attached to an aromatic ring is 1. The number of nitrogens with two attached hydrogens (primary N) is 2. The fraction of sp³-hybridized carbons (Fsp3) is 0.100. The van der Waals surface area contributed by atoms with Crippen LogP contribution in [0.15, 0.2) is 35.5 Å². The number of aromatic nitrogens is 2. The van der Waals surface area contributed by atoms with Crippen molar-refractivity contribution in [3.05, 3.63) is 36.2 Å². The number of hydrogen-bond donors (Lipinski definition) is 4. The van der Waals surface area contributed by atoms with Gasteiger partial charge in [0.2, 0.25) is 10.0 Å². The first-order valence-electron chi connectivity index (χ1n) is 5.10. The van der Waals surface area contributed by atoms with Crippen LogP contribution in [-0.4, -0.2) is 18.6 Å². The number of primary sulfonamides is 1. The third-order valence-electron chi connectivity index (χ3n) is 2.31. The van der Waals surface area contributed by atoms with Crippen LogP contribution in [0.2, 0.25) is 0 Å². The van der Waals surface area contributed by atoms with E-state index in [0.29, 0.717) is 17.9 Å². The number of sulfonamides is 1. The zero-order valence-corrected chi connectivity index (χ0v) is 10.2. The third-order valence-corrected chi connectivity index (χ3v) is 3.20. The van der Waals surface area contributed by atoms with E-state index in [2.05, 4.69) is 15.5 Å². The number of benzene rings is 1. The van der Waals surface area contributed by atoms with E-state index in [4.69, 9.17) is 10.9 Å². The van der Waals surface area contributed by atoms with Gasteiger partial charge >= 0.3 is 0 Å². The zero-order chi connectivity index (χ0) is 13.2. The standard InChI is InChI=1S/C10H13N5O2S/c11-8-1-9(3-10(2-8)18(12,16)17)13-4-7-5-14-15-6-7/h1-3,5-6,13H,4,11H2,(H,14,15)(H2,12,16,17). The largest absolute Gasteiger partial charge is 0.399 e. The van der Waals surface area contributed by atoms with Crippen molar-refractivity contribution in [2.45, 2.75) is 11.4 Å². The van der Waals surface area contributed by atoms with Crippen molar-refractivity contribution in [1.82, 2.24) is 10.2 Å². The molecule has 0 unspecified atom stereocenters. The van der Waals surface area contributed by atoms with Gasteiger partial charge in [-0.3, -0.25) is 5.10 Å². The van der Waals surface area contributed by atoms with Gasteiger partial charge in [-0.15, -0.1) is 0 Å². The van der Waals surface area contributed by atoms with E-state index < -0.39 is 10.0 Å². The first kappa shape index (κ1) is 12.4. The smallest absolute Gasteiger partial charge is 0.238 e. The Labute approximate surface area is 104 Å². The first-order chi connectivity index (χ1) is 8.45. The summed E-state index contributed by atoms with van der Waals surface area (Å²) in [6, 6.07) is 4.39. The monoisotopic (exact) mass is 267 g/mol. The summed E-state index contributed by atoms with van der Waals surface area (Å²) in [6.45, 7) is 0.504. The van der Waals surface area contributed by atoms with Gasteiger partial charge in [-0.05, 0) is 18.2 Å². The average Bonchev–Trinajstić information content (AvgIpc) is 2.77. The molecular weight excluding hydrogens is 254 g/mol. The molecule has 8 heteroatoms. The molecule has 0 radical (unpaired) electrons. The molecule has 0 aliphatic rings. The highest BCUT2D eigenvalue weighted by molar-refractivity contribution is 7.89. The van der Waals surface area contributed by atoms with Crippen LogP contribution in [0.3, 0.4) is 0 Å². The Balaban J connectivity index is 2.21. The lowest BCUT2D eigenvalue weighted by molar-refractivity contribution is 0.598. The normalized spacial score (nSPS) is 11.4. The number of nitrogens with one attached hydrogen (secondary N) is 2. The lowest BCUT2D eigenvalue weighted by Gasteiger charge is -2.08. The van der Waals surface area contributed by atoms with Gasteiger partial charge in [0, 0.05) is 29.7 Å². The number of aromatic amines is 1. The van der Waals surface area contributed by atoms with Crippen molar-refractivity contribution < 1.29 is 8.42 Å². The molecule has 2 aromatic rings. The van der Waals surface area contributed by atoms with E-state index in [0.717, 1.165) is 5.56 Å². The van der Waals surface area contributed by atoms with Crippen LogP contribution < -0.4 is 16.2 Å². The molecule has 0 atom stereocenters.